The number of ether oxygens (including phenoxy) is 1. The van der Waals surface area contributed by atoms with Crippen molar-refractivity contribution < 1.29 is 9.53 Å². The highest BCUT2D eigenvalue weighted by Crippen LogP contribution is 2.20. The van der Waals surface area contributed by atoms with Gasteiger partial charge in [-0.25, -0.2) is 14.5 Å². The van der Waals surface area contributed by atoms with Gasteiger partial charge in [-0.1, -0.05) is 52.9 Å². The standard InChI is InChI=1S/C22H25IN4O3/c1-14(24-21(29)30-22(2,3)4)19-25-17-12-8-9-15(13-23)18(17)20(28)27(19)26-16-10-6-5-7-11-16/h5-12,14,26H,13H2,1-4H3,(H,24,29)/t14-/m0/s1. The van der Waals surface area contributed by atoms with Crippen molar-refractivity contribution in [2.24, 2.45) is 0 Å². The number of benzene rings is 2. The fourth-order valence-electron chi connectivity index (χ4n) is 3.02. The number of para-hydroxylation sites is 1. The second-order valence-corrected chi connectivity index (χ2v) is 8.66. The van der Waals surface area contributed by atoms with Crippen molar-refractivity contribution in [1.82, 2.24) is 15.0 Å². The van der Waals surface area contributed by atoms with E-state index in [0.29, 0.717) is 21.2 Å². The van der Waals surface area contributed by atoms with Crippen LogP contribution in [0.15, 0.2) is 53.3 Å². The normalized spacial score (nSPS) is 12.4. The van der Waals surface area contributed by atoms with Gasteiger partial charge in [0.25, 0.3) is 5.56 Å². The molecule has 0 radical (unpaired) electrons. The molecule has 0 unspecified atom stereocenters. The lowest BCUT2D eigenvalue weighted by atomic mass is 10.1. The molecule has 0 aliphatic rings. The molecule has 0 saturated heterocycles. The summed E-state index contributed by atoms with van der Waals surface area (Å²) in [5, 5.41) is 3.33. The smallest absolute Gasteiger partial charge is 0.408 e. The van der Waals surface area contributed by atoms with Crippen LogP contribution >= 0.6 is 22.6 Å². The molecule has 0 spiro atoms. The SMILES string of the molecule is C[C@H](NC(=O)OC(C)(C)C)c1nc2cccc(CI)c2c(=O)n1Nc1ccccc1. The number of alkyl carbamates (subject to hydrolysis) is 1. The predicted octanol–water partition coefficient (Wildman–Crippen LogP) is 4.79. The zero-order valence-electron chi connectivity index (χ0n) is 17.4. The highest BCUT2D eigenvalue weighted by molar-refractivity contribution is 14.1. The van der Waals surface area contributed by atoms with E-state index in [1.165, 1.54) is 4.68 Å². The van der Waals surface area contributed by atoms with E-state index < -0.39 is 17.7 Å². The number of halogens is 1. The van der Waals surface area contributed by atoms with Gasteiger partial charge in [-0.3, -0.25) is 10.2 Å². The van der Waals surface area contributed by atoms with E-state index >= 15 is 0 Å². The minimum absolute atomic E-state index is 0.219. The number of rotatable bonds is 5. The Labute approximate surface area is 189 Å². The lowest BCUT2D eigenvalue weighted by Crippen LogP contribution is -2.39. The van der Waals surface area contributed by atoms with Crippen LogP contribution in [0.5, 0.6) is 0 Å². The number of fused-ring (bicyclic) bond motifs is 1. The van der Waals surface area contributed by atoms with Crippen molar-refractivity contribution in [1.29, 1.82) is 0 Å². The summed E-state index contributed by atoms with van der Waals surface area (Å²) in [6.07, 6.45) is -0.573. The van der Waals surface area contributed by atoms with Gasteiger partial charge in [-0.2, -0.15) is 0 Å². The van der Waals surface area contributed by atoms with E-state index in [0.717, 1.165) is 11.3 Å². The number of anilines is 1. The van der Waals surface area contributed by atoms with E-state index in [-0.39, 0.29) is 5.56 Å². The summed E-state index contributed by atoms with van der Waals surface area (Å²) in [5.74, 6) is 0.382. The largest absolute Gasteiger partial charge is 0.444 e. The Bertz CT molecular complexity index is 1110. The minimum Gasteiger partial charge on any atom is -0.444 e. The highest BCUT2D eigenvalue weighted by atomic mass is 127. The molecule has 30 heavy (non-hydrogen) atoms. The van der Waals surface area contributed by atoms with Crippen molar-refractivity contribution in [3.05, 3.63) is 70.3 Å². The Morgan fingerprint density at radius 3 is 2.50 bits per heavy atom. The molecular weight excluding hydrogens is 495 g/mol. The molecule has 1 amide bonds. The number of alkyl halides is 1. The van der Waals surface area contributed by atoms with Crippen LogP contribution < -0.4 is 16.3 Å². The van der Waals surface area contributed by atoms with Crippen molar-refractivity contribution >= 4 is 45.3 Å². The van der Waals surface area contributed by atoms with E-state index in [1.54, 1.807) is 27.7 Å². The summed E-state index contributed by atoms with van der Waals surface area (Å²) in [6, 6.07) is 14.4. The molecule has 7 nitrogen and oxygen atoms in total. The molecule has 8 heteroatoms. The Morgan fingerprint density at radius 2 is 1.87 bits per heavy atom. The third kappa shape index (κ3) is 5.10. The molecule has 0 fully saturated rings. The van der Waals surface area contributed by atoms with Gasteiger partial charge in [0.05, 0.1) is 22.6 Å². The quantitative estimate of drug-likeness (QED) is 0.373. The van der Waals surface area contributed by atoms with Crippen LogP contribution in [0.3, 0.4) is 0 Å². The first kappa shape index (κ1) is 22.1. The summed E-state index contributed by atoms with van der Waals surface area (Å²) in [6.45, 7) is 7.15. The molecule has 1 heterocycles. The number of hydrogen-bond donors (Lipinski definition) is 2. The average Bonchev–Trinajstić information content (AvgIpc) is 2.68. The number of hydrogen-bond acceptors (Lipinski definition) is 5. The summed E-state index contributed by atoms with van der Waals surface area (Å²) in [5.41, 5.74) is 4.52. The number of aromatic nitrogens is 2. The van der Waals surface area contributed by atoms with Gasteiger partial charge < -0.3 is 10.1 Å². The molecule has 3 rings (SSSR count). The monoisotopic (exact) mass is 520 g/mol. The number of nitrogens with one attached hydrogen (secondary N) is 2. The molecule has 0 aliphatic carbocycles. The van der Waals surface area contributed by atoms with Gasteiger partial charge >= 0.3 is 6.09 Å². The van der Waals surface area contributed by atoms with Crippen molar-refractivity contribution in [2.45, 2.75) is 43.8 Å². The van der Waals surface area contributed by atoms with Crippen LogP contribution in [-0.2, 0) is 9.16 Å². The van der Waals surface area contributed by atoms with Crippen LogP contribution in [0.1, 0.15) is 45.1 Å². The Hall–Kier alpha value is -2.62. The first-order valence-corrected chi connectivity index (χ1v) is 11.1. The fraction of sp³-hybridized carbons (Fsp3) is 0.318. The summed E-state index contributed by atoms with van der Waals surface area (Å²) in [7, 11) is 0. The van der Waals surface area contributed by atoms with Gasteiger partial charge in [0.15, 0.2) is 5.82 Å². The molecule has 1 atom stereocenters. The van der Waals surface area contributed by atoms with Gasteiger partial charge in [0.1, 0.15) is 5.60 Å². The summed E-state index contributed by atoms with van der Waals surface area (Å²) >= 11 is 2.23. The fourth-order valence-corrected chi connectivity index (χ4v) is 3.65. The second-order valence-electron chi connectivity index (χ2n) is 7.90. The topological polar surface area (TPSA) is 85.2 Å². The van der Waals surface area contributed by atoms with Crippen LogP contribution in [0.2, 0.25) is 0 Å². The molecule has 0 saturated carbocycles. The average molecular weight is 520 g/mol. The minimum atomic E-state index is -0.627. The van der Waals surface area contributed by atoms with Crippen molar-refractivity contribution in [3.63, 3.8) is 0 Å². The summed E-state index contributed by atoms with van der Waals surface area (Å²) < 4.78 is 7.44. The van der Waals surface area contributed by atoms with Crippen LogP contribution in [0, 0.1) is 0 Å². The maximum Gasteiger partial charge on any atom is 0.408 e. The van der Waals surface area contributed by atoms with E-state index in [9.17, 15) is 9.59 Å². The summed E-state index contributed by atoms with van der Waals surface area (Å²) in [4.78, 5) is 30.5. The zero-order valence-corrected chi connectivity index (χ0v) is 19.6. The molecular formula is C22H25IN4O3. The van der Waals surface area contributed by atoms with Gasteiger partial charge in [-0.05, 0) is 51.5 Å². The molecule has 2 N–H and O–H groups in total. The zero-order chi connectivity index (χ0) is 21.9. The number of carbonyl (C=O) groups excluding carboxylic acids is 1. The second kappa shape index (κ2) is 9.03. The Morgan fingerprint density at radius 1 is 1.17 bits per heavy atom. The molecule has 158 valence electrons. The Kier molecular flexibility index (Phi) is 6.64. The first-order chi connectivity index (χ1) is 14.2. The molecule has 0 aliphatic heterocycles. The van der Waals surface area contributed by atoms with E-state index in [2.05, 4.69) is 33.3 Å². The predicted molar refractivity (Wildman–Crippen MR) is 127 cm³/mol. The third-order valence-corrected chi connectivity index (χ3v) is 5.11. The number of carbonyl (C=O) groups is 1. The van der Waals surface area contributed by atoms with E-state index in [1.807, 2.05) is 48.5 Å². The van der Waals surface area contributed by atoms with Crippen molar-refractivity contribution in [2.75, 3.05) is 5.43 Å². The van der Waals surface area contributed by atoms with Gasteiger partial charge in [0.2, 0.25) is 0 Å². The van der Waals surface area contributed by atoms with Crippen molar-refractivity contribution in [3.8, 4) is 0 Å². The number of nitrogens with zero attached hydrogens (tertiary/aromatic N) is 2. The lowest BCUT2D eigenvalue weighted by molar-refractivity contribution is 0.0505. The Balaban J connectivity index is 2.10. The van der Waals surface area contributed by atoms with Gasteiger partial charge in [0, 0.05) is 4.43 Å². The third-order valence-electron chi connectivity index (χ3n) is 4.29. The molecule has 3 aromatic rings. The molecule has 1 aromatic heterocycles. The maximum atomic E-state index is 13.5. The first-order valence-electron chi connectivity index (χ1n) is 9.61. The van der Waals surface area contributed by atoms with Crippen LogP contribution in [-0.4, -0.2) is 21.4 Å². The molecule has 2 aromatic carbocycles. The lowest BCUT2D eigenvalue weighted by Gasteiger charge is -2.24. The van der Waals surface area contributed by atoms with Crippen LogP contribution in [0.25, 0.3) is 10.9 Å². The molecule has 0 bridgehead atoms. The van der Waals surface area contributed by atoms with Crippen LogP contribution in [0.4, 0.5) is 10.5 Å². The van der Waals surface area contributed by atoms with E-state index in [4.69, 9.17) is 9.72 Å². The van der Waals surface area contributed by atoms with Gasteiger partial charge in [-0.15, -0.1) is 0 Å². The maximum absolute atomic E-state index is 13.5. The highest BCUT2D eigenvalue weighted by Gasteiger charge is 2.23. The number of amides is 1.